The molecule has 23 heavy (non-hydrogen) atoms. The Hall–Kier alpha value is -2.81. The van der Waals surface area contributed by atoms with Crippen molar-refractivity contribution in [2.24, 2.45) is 5.92 Å². The number of aromatic amines is 1. The molecular weight excluding hydrogens is 290 g/mol. The van der Waals surface area contributed by atoms with Crippen LogP contribution in [0.3, 0.4) is 0 Å². The zero-order valence-electron chi connectivity index (χ0n) is 13.0. The fourth-order valence-electron chi connectivity index (χ4n) is 2.72. The number of nitriles is 1. The van der Waals surface area contributed by atoms with Crippen molar-refractivity contribution in [3.8, 4) is 6.07 Å². The van der Waals surface area contributed by atoms with Crippen molar-refractivity contribution >= 4 is 17.4 Å². The zero-order valence-corrected chi connectivity index (χ0v) is 13.0. The summed E-state index contributed by atoms with van der Waals surface area (Å²) in [4.78, 5) is 12.6. The molecule has 1 atom stereocenters. The van der Waals surface area contributed by atoms with E-state index in [0.717, 1.165) is 18.5 Å². The predicted molar refractivity (Wildman–Crippen MR) is 87.1 cm³/mol. The van der Waals surface area contributed by atoms with E-state index in [2.05, 4.69) is 26.9 Å². The van der Waals surface area contributed by atoms with Gasteiger partial charge in [0, 0.05) is 5.69 Å². The molecule has 1 unspecified atom stereocenters. The Bertz CT molecular complexity index is 729. The van der Waals surface area contributed by atoms with Crippen LogP contribution >= 0.6 is 0 Å². The molecule has 1 saturated carbocycles. The van der Waals surface area contributed by atoms with Crippen molar-refractivity contribution in [1.29, 1.82) is 5.26 Å². The van der Waals surface area contributed by atoms with E-state index >= 15 is 0 Å². The third kappa shape index (κ3) is 3.34. The standard InChI is InChI=1S/C17H19N5O/c1-17(9-10-18,12-7-8-12)21-16(23)14-11-19-22-15(14)20-13-5-3-2-4-6-13/h2-6,11-12H,7-9H2,1H3,(H,21,23)(H2,19,20,22). The van der Waals surface area contributed by atoms with Crippen molar-refractivity contribution in [2.45, 2.75) is 31.7 Å². The van der Waals surface area contributed by atoms with Crippen LogP contribution in [0.4, 0.5) is 11.5 Å². The number of aromatic nitrogens is 2. The van der Waals surface area contributed by atoms with Crippen LogP contribution in [0.15, 0.2) is 36.5 Å². The first-order valence-electron chi connectivity index (χ1n) is 7.67. The first-order chi connectivity index (χ1) is 11.1. The highest BCUT2D eigenvalue weighted by Crippen LogP contribution is 2.41. The molecule has 0 spiro atoms. The Morgan fingerprint density at radius 3 is 2.83 bits per heavy atom. The van der Waals surface area contributed by atoms with Crippen LogP contribution in [-0.2, 0) is 0 Å². The lowest BCUT2D eigenvalue weighted by Gasteiger charge is -2.28. The Labute approximate surface area is 134 Å². The Balaban J connectivity index is 1.76. The molecule has 0 radical (unpaired) electrons. The van der Waals surface area contributed by atoms with Gasteiger partial charge < -0.3 is 10.6 Å². The Morgan fingerprint density at radius 2 is 2.17 bits per heavy atom. The number of hydrogen-bond acceptors (Lipinski definition) is 4. The summed E-state index contributed by atoms with van der Waals surface area (Å²) in [6, 6.07) is 11.7. The predicted octanol–water partition coefficient (Wildman–Crippen LogP) is 2.97. The minimum atomic E-state index is -0.479. The summed E-state index contributed by atoms with van der Waals surface area (Å²) >= 11 is 0. The molecule has 1 aliphatic carbocycles. The smallest absolute Gasteiger partial charge is 0.257 e. The quantitative estimate of drug-likeness (QED) is 0.764. The summed E-state index contributed by atoms with van der Waals surface area (Å²) in [5, 5.41) is 22.0. The molecule has 1 aromatic carbocycles. The lowest BCUT2D eigenvalue weighted by Crippen LogP contribution is -2.47. The van der Waals surface area contributed by atoms with Crippen LogP contribution in [0.5, 0.6) is 0 Å². The number of rotatable bonds is 6. The molecule has 6 heteroatoms. The molecule has 3 N–H and O–H groups in total. The molecular formula is C17H19N5O. The fraction of sp³-hybridized carbons (Fsp3) is 0.353. The van der Waals surface area contributed by atoms with E-state index in [1.807, 2.05) is 37.3 Å². The van der Waals surface area contributed by atoms with Gasteiger partial charge in [-0.3, -0.25) is 9.89 Å². The summed E-state index contributed by atoms with van der Waals surface area (Å²) in [5.41, 5.74) is 0.832. The Morgan fingerprint density at radius 1 is 1.43 bits per heavy atom. The molecule has 1 aromatic heterocycles. The first kappa shape index (κ1) is 15.1. The van der Waals surface area contributed by atoms with Crippen LogP contribution in [0.2, 0.25) is 0 Å². The number of H-pyrrole nitrogens is 1. The Kier molecular flexibility index (Phi) is 4.02. The number of carbonyl (C=O) groups is 1. The number of para-hydroxylation sites is 1. The van der Waals surface area contributed by atoms with Crippen molar-refractivity contribution < 1.29 is 4.79 Å². The number of anilines is 2. The van der Waals surface area contributed by atoms with Crippen LogP contribution in [0.25, 0.3) is 0 Å². The van der Waals surface area contributed by atoms with Gasteiger partial charge >= 0.3 is 0 Å². The van der Waals surface area contributed by atoms with E-state index in [9.17, 15) is 4.79 Å². The van der Waals surface area contributed by atoms with E-state index in [1.165, 1.54) is 6.20 Å². The molecule has 1 aliphatic rings. The maximum Gasteiger partial charge on any atom is 0.257 e. The van der Waals surface area contributed by atoms with E-state index < -0.39 is 5.54 Å². The number of nitrogens with zero attached hydrogens (tertiary/aromatic N) is 2. The second-order valence-corrected chi connectivity index (χ2v) is 6.13. The van der Waals surface area contributed by atoms with Gasteiger partial charge in [-0.25, -0.2) is 0 Å². The SMILES string of the molecule is CC(CC#N)(NC(=O)c1cn[nH]c1Nc1ccccc1)C1CC1. The number of carbonyl (C=O) groups excluding carboxylic acids is 1. The lowest BCUT2D eigenvalue weighted by molar-refractivity contribution is 0.0897. The number of benzene rings is 1. The van der Waals surface area contributed by atoms with E-state index in [0.29, 0.717) is 23.7 Å². The number of hydrogen-bond donors (Lipinski definition) is 3. The van der Waals surface area contributed by atoms with Crippen LogP contribution in [0.1, 0.15) is 36.5 Å². The highest BCUT2D eigenvalue weighted by atomic mass is 16.1. The number of nitrogens with one attached hydrogen (secondary N) is 3. The molecule has 1 heterocycles. The molecule has 0 bridgehead atoms. The average Bonchev–Trinajstić information content (AvgIpc) is 3.30. The zero-order chi connectivity index (χ0) is 16.3. The van der Waals surface area contributed by atoms with Gasteiger partial charge in [0.1, 0.15) is 11.4 Å². The molecule has 6 nitrogen and oxygen atoms in total. The van der Waals surface area contributed by atoms with Crippen molar-refractivity contribution in [3.05, 3.63) is 42.1 Å². The highest BCUT2D eigenvalue weighted by Gasteiger charge is 2.42. The third-order valence-corrected chi connectivity index (χ3v) is 4.25. The van der Waals surface area contributed by atoms with Crippen molar-refractivity contribution in [3.63, 3.8) is 0 Å². The van der Waals surface area contributed by atoms with Gasteiger partial charge in [-0.2, -0.15) is 10.4 Å². The molecule has 0 aliphatic heterocycles. The molecule has 0 saturated heterocycles. The van der Waals surface area contributed by atoms with Crippen LogP contribution < -0.4 is 10.6 Å². The maximum atomic E-state index is 12.6. The van der Waals surface area contributed by atoms with Gasteiger partial charge in [0.2, 0.25) is 0 Å². The maximum absolute atomic E-state index is 12.6. The van der Waals surface area contributed by atoms with E-state index in [4.69, 9.17) is 5.26 Å². The van der Waals surface area contributed by atoms with Crippen molar-refractivity contribution in [2.75, 3.05) is 5.32 Å². The highest BCUT2D eigenvalue weighted by molar-refractivity contribution is 5.99. The monoisotopic (exact) mass is 309 g/mol. The van der Waals surface area contributed by atoms with Gasteiger partial charge in [-0.15, -0.1) is 0 Å². The summed E-state index contributed by atoms with van der Waals surface area (Å²) in [6.45, 7) is 1.94. The summed E-state index contributed by atoms with van der Waals surface area (Å²) in [5.74, 6) is 0.703. The van der Waals surface area contributed by atoms with Gasteiger partial charge in [0.15, 0.2) is 0 Å². The third-order valence-electron chi connectivity index (χ3n) is 4.25. The van der Waals surface area contributed by atoms with Gasteiger partial charge in [0.25, 0.3) is 5.91 Å². The second kappa shape index (κ2) is 6.13. The van der Waals surface area contributed by atoms with Crippen LogP contribution in [-0.4, -0.2) is 21.6 Å². The molecule has 2 aromatic rings. The van der Waals surface area contributed by atoms with E-state index in [-0.39, 0.29) is 5.91 Å². The number of amides is 1. The molecule has 1 fully saturated rings. The van der Waals surface area contributed by atoms with Gasteiger partial charge in [0.05, 0.1) is 24.2 Å². The topological polar surface area (TPSA) is 93.6 Å². The first-order valence-corrected chi connectivity index (χ1v) is 7.67. The summed E-state index contributed by atoms with van der Waals surface area (Å²) < 4.78 is 0. The normalized spacial score (nSPS) is 16.2. The van der Waals surface area contributed by atoms with Gasteiger partial charge in [-0.1, -0.05) is 18.2 Å². The van der Waals surface area contributed by atoms with Crippen LogP contribution in [0, 0.1) is 17.2 Å². The lowest BCUT2D eigenvalue weighted by atomic mass is 9.92. The molecule has 118 valence electrons. The van der Waals surface area contributed by atoms with Gasteiger partial charge in [-0.05, 0) is 37.8 Å². The molecule has 1 amide bonds. The second-order valence-electron chi connectivity index (χ2n) is 6.13. The van der Waals surface area contributed by atoms with E-state index in [1.54, 1.807) is 0 Å². The van der Waals surface area contributed by atoms with Crippen molar-refractivity contribution in [1.82, 2.24) is 15.5 Å². The molecule has 3 rings (SSSR count). The average molecular weight is 309 g/mol. The minimum absolute atomic E-state index is 0.221. The fourth-order valence-corrected chi connectivity index (χ4v) is 2.72. The minimum Gasteiger partial charge on any atom is -0.345 e. The summed E-state index contributed by atoms with van der Waals surface area (Å²) in [6.07, 6.45) is 3.92. The largest absolute Gasteiger partial charge is 0.345 e. The summed E-state index contributed by atoms with van der Waals surface area (Å²) in [7, 11) is 0.